The summed E-state index contributed by atoms with van der Waals surface area (Å²) < 4.78 is 11.5. The van der Waals surface area contributed by atoms with E-state index in [2.05, 4.69) is 4.86 Å². The minimum Gasteiger partial charge on any atom is -0.421 e. The Morgan fingerprint density at radius 1 is 1.55 bits per heavy atom. The van der Waals surface area contributed by atoms with Crippen LogP contribution < -0.4 is 5.46 Å². The standard InChI is InChI=1S/C7H8BFO2/c1-6-3-2-4-7(5-6)8(10)11-9/h2-5,10H,1H3. The van der Waals surface area contributed by atoms with E-state index in [0.717, 1.165) is 5.56 Å². The molecule has 0 saturated heterocycles. The van der Waals surface area contributed by atoms with Crippen molar-refractivity contribution < 1.29 is 14.4 Å². The number of hydrogen-bond acceptors (Lipinski definition) is 2. The highest BCUT2D eigenvalue weighted by molar-refractivity contribution is 6.59. The average Bonchev–Trinajstić information content (AvgIpc) is 2.03. The molecule has 1 rings (SSSR count). The van der Waals surface area contributed by atoms with Crippen LogP contribution in [0.4, 0.5) is 4.53 Å². The third kappa shape index (κ3) is 2.03. The lowest BCUT2D eigenvalue weighted by molar-refractivity contribution is -0.0267. The zero-order chi connectivity index (χ0) is 8.27. The third-order valence-electron chi connectivity index (χ3n) is 1.41. The Labute approximate surface area is 64.7 Å². The maximum absolute atomic E-state index is 11.5. The van der Waals surface area contributed by atoms with Gasteiger partial charge < -0.3 is 5.02 Å². The van der Waals surface area contributed by atoms with Crippen molar-refractivity contribution in [1.82, 2.24) is 0 Å². The molecule has 0 radical (unpaired) electrons. The average molecular weight is 154 g/mol. The molecule has 0 spiro atoms. The molecule has 2 nitrogen and oxygen atoms in total. The van der Waals surface area contributed by atoms with E-state index in [1.54, 1.807) is 18.2 Å². The summed E-state index contributed by atoms with van der Waals surface area (Å²) in [6.45, 7) is 1.86. The van der Waals surface area contributed by atoms with E-state index in [1.165, 1.54) is 0 Å². The van der Waals surface area contributed by atoms with Gasteiger partial charge in [0.2, 0.25) is 0 Å². The topological polar surface area (TPSA) is 29.5 Å². The van der Waals surface area contributed by atoms with E-state index in [0.29, 0.717) is 5.46 Å². The van der Waals surface area contributed by atoms with E-state index in [-0.39, 0.29) is 0 Å². The molecule has 0 unspecified atom stereocenters. The van der Waals surface area contributed by atoms with Gasteiger partial charge in [0.05, 0.1) is 0 Å². The summed E-state index contributed by atoms with van der Waals surface area (Å²) in [6, 6.07) is 6.84. The lowest BCUT2D eigenvalue weighted by atomic mass is 9.80. The summed E-state index contributed by atoms with van der Waals surface area (Å²) in [7, 11) is -1.46. The van der Waals surface area contributed by atoms with Gasteiger partial charge in [0, 0.05) is 0 Å². The first-order valence-corrected chi connectivity index (χ1v) is 3.26. The molecule has 0 atom stereocenters. The molecular weight excluding hydrogens is 146 g/mol. The molecular formula is C7H8BFO2. The molecule has 11 heavy (non-hydrogen) atoms. The fraction of sp³-hybridized carbons (Fsp3) is 0.143. The normalized spacial score (nSPS) is 9.73. The van der Waals surface area contributed by atoms with Crippen LogP contribution in [0.25, 0.3) is 0 Å². The summed E-state index contributed by atoms with van der Waals surface area (Å²) in [5.41, 5.74) is 1.38. The van der Waals surface area contributed by atoms with Crippen molar-refractivity contribution in [2.75, 3.05) is 0 Å². The van der Waals surface area contributed by atoms with Crippen molar-refractivity contribution in [1.29, 1.82) is 0 Å². The van der Waals surface area contributed by atoms with Crippen LogP contribution in [0.5, 0.6) is 0 Å². The molecule has 0 heterocycles. The number of halogens is 1. The van der Waals surface area contributed by atoms with Crippen LogP contribution >= 0.6 is 0 Å². The van der Waals surface area contributed by atoms with Gasteiger partial charge in [-0.15, -0.1) is 0 Å². The predicted octanol–water partition coefficient (Wildman–Crippen LogP) is 0.584. The zero-order valence-electron chi connectivity index (χ0n) is 6.12. The second-order valence-electron chi connectivity index (χ2n) is 2.36. The van der Waals surface area contributed by atoms with Gasteiger partial charge in [-0.1, -0.05) is 34.4 Å². The molecule has 0 aliphatic heterocycles. The van der Waals surface area contributed by atoms with Gasteiger partial charge in [0.25, 0.3) is 0 Å². The smallest absolute Gasteiger partial charge is 0.421 e. The highest BCUT2D eigenvalue weighted by atomic mass is 19.3. The van der Waals surface area contributed by atoms with Crippen molar-refractivity contribution in [2.45, 2.75) is 6.92 Å². The first-order chi connectivity index (χ1) is 5.24. The quantitative estimate of drug-likeness (QED) is 0.631. The molecule has 4 heteroatoms. The summed E-state index contributed by atoms with van der Waals surface area (Å²) in [6.07, 6.45) is 0. The van der Waals surface area contributed by atoms with Crippen molar-refractivity contribution in [3.8, 4) is 0 Å². The number of rotatable bonds is 2. The molecule has 1 aromatic carbocycles. The van der Waals surface area contributed by atoms with Gasteiger partial charge in [0.15, 0.2) is 0 Å². The molecule has 1 N–H and O–H groups in total. The Kier molecular flexibility index (Phi) is 2.62. The van der Waals surface area contributed by atoms with E-state index >= 15 is 0 Å². The van der Waals surface area contributed by atoms with Crippen molar-refractivity contribution in [3.05, 3.63) is 29.8 Å². The molecule has 0 aromatic heterocycles. The number of benzene rings is 1. The predicted molar refractivity (Wildman–Crippen MR) is 41.0 cm³/mol. The largest absolute Gasteiger partial charge is 0.529 e. The van der Waals surface area contributed by atoms with E-state index in [4.69, 9.17) is 5.02 Å². The third-order valence-corrected chi connectivity index (χ3v) is 1.41. The fourth-order valence-electron chi connectivity index (χ4n) is 0.875. The zero-order valence-corrected chi connectivity index (χ0v) is 6.12. The van der Waals surface area contributed by atoms with E-state index < -0.39 is 7.12 Å². The van der Waals surface area contributed by atoms with Crippen LogP contribution in [-0.4, -0.2) is 12.1 Å². The molecule has 0 aliphatic carbocycles. The fourth-order valence-corrected chi connectivity index (χ4v) is 0.875. The lowest BCUT2D eigenvalue weighted by Crippen LogP contribution is -2.31. The van der Waals surface area contributed by atoms with Gasteiger partial charge in [-0.05, 0) is 12.4 Å². The highest BCUT2D eigenvalue weighted by Crippen LogP contribution is 1.94. The van der Waals surface area contributed by atoms with Gasteiger partial charge in [-0.3, -0.25) is 0 Å². The van der Waals surface area contributed by atoms with Gasteiger partial charge in [0.1, 0.15) is 0 Å². The van der Waals surface area contributed by atoms with E-state index in [9.17, 15) is 4.53 Å². The molecule has 0 bridgehead atoms. The van der Waals surface area contributed by atoms with Crippen LogP contribution in [0.2, 0.25) is 0 Å². The number of hydrogen-bond donors (Lipinski definition) is 1. The number of aryl methyl sites for hydroxylation is 1. The second kappa shape index (κ2) is 3.50. The molecule has 58 valence electrons. The van der Waals surface area contributed by atoms with Crippen molar-refractivity contribution >= 4 is 12.6 Å². The first kappa shape index (κ1) is 8.23. The van der Waals surface area contributed by atoms with Gasteiger partial charge >= 0.3 is 7.12 Å². The summed E-state index contributed by atoms with van der Waals surface area (Å²) in [4.78, 5) is 3.25. The Morgan fingerprint density at radius 2 is 2.27 bits per heavy atom. The molecule has 0 fully saturated rings. The molecule has 1 aromatic rings. The molecule has 0 aliphatic rings. The molecule has 0 saturated carbocycles. The monoisotopic (exact) mass is 154 g/mol. The van der Waals surface area contributed by atoms with Crippen LogP contribution in [0.1, 0.15) is 5.56 Å². The first-order valence-electron chi connectivity index (χ1n) is 3.26. The van der Waals surface area contributed by atoms with Gasteiger partial charge in [-0.25, -0.2) is 4.86 Å². The van der Waals surface area contributed by atoms with Crippen molar-refractivity contribution in [3.63, 3.8) is 0 Å². The van der Waals surface area contributed by atoms with Crippen LogP contribution in [-0.2, 0) is 4.86 Å². The minimum atomic E-state index is -1.46. The Hall–Kier alpha value is -0.865. The summed E-state index contributed by atoms with van der Waals surface area (Å²) in [5, 5.41) is 8.86. The van der Waals surface area contributed by atoms with Crippen LogP contribution in [0, 0.1) is 6.92 Å². The summed E-state index contributed by atoms with van der Waals surface area (Å²) in [5.74, 6) is 0. The summed E-state index contributed by atoms with van der Waals surface area (Å²) >= 11 is 0. The Bertz CT molecular complexity index is 242. The maximum Gasteiger partial charge on any atom is 0.529 e. The lowest BCUT2D eigenvalue weighted by Gasteiger charge is -2.00. The Balaban J connectivity index is 2.86. The SMILES string of the molecule is Cc1cccc(B(O)OF)c1. The second-order valence-corrected chi connectivity index (χ2v) is 2.36. The van der Waals surface area contributed by atoms with Gasteiger partial charge in [-0.2, -0.15) is 0 Å². The van der Waals surface area contributed by atoms with E-state index in [1.807, 2.05) is 13.0 Å². The van der Waals surface area contributed by atoms with Crippen molar-refractivity contribution in [2.24, 2.45) is 0 Å². The molecule has 0 amide bonds. The maximum atomic E-state index is 11.5. The Morgan fingerprint density at radius 3 is 2.82 bits per heavy atom. The minimum absolute atomic E-state index is 0.424. The van der Waals surface area contributed by atoms with Crippen LogP contribution in [0.3, 0.4) is 0 Å². The highest BCUT2D eigenvalue weighted by Gasteiger charge is 2.16. The van der Waals surface area contributed by atoms with Crippen LogP contribution in [0.15, 0.2) is 24.3 Å².